The number of methoxy groups -OCH3 is 1. The molecule has 10 heteroatoms. The first-order chi connectivity index (χ1) is 20.8. The summed E-state index contributed by atoms with van der Waals surface area (Å²) in [5.74, 6) is -2.18. The van der Waals surface area contributed by atoms with Crippen LogP contribution in [0.2, 0.25) is 0 Å². The zero-order valence-corrected chi connectivity index (χ0v) is 25.1. The molecule has 1 aromatic heterocycles. The second kappa shape index (κ2) is 13.7. The average molecular weight is 625 g/mol. The number of carbonyl (C=O) groups excluding carboxylic acids is 2. The summed E-state index contributed by atoms with van der Waals surface area (Å²) in [5, 5.41) is 17.2. The van der Waals surface area contributed by atoms with Crippen molar-refractivity contribution in [3.63, 3.8) is 0 Å². The maximum absolute atomic E-state index is 15.1. The fourth-order valence-corrected chi connectivity index (χ4v) is 6.74. The molecule has 0 radical (unpaired) electrons. The lowest BCUT2D eigenvalue weighted by Crippen LogP contribution is -2.18. The van der Waals surface area contributed by atoms with E-state index in [0.29, 0.717) is 40.4 Å². The van der Waals surface area contributed by atoms with E-state index in [1.165, 1.54) is 18.4 Å². The SMILES string of the molecule is COC(=O)c1ccc(CCc2c(F)cc(NC(=O)c3c(NC(O)c4cccc(CCl)c4)sc4c3CCCC4)cc2F)cc1. The summed E-state index contributed by atoms with van der Waals surface area (Å²) in [6.45, 7) is 0. The maximum atomic E-state index is 15.1. The molecular weight excluding hydrogens is 594 g/mol. The Kier molecular flexibility index (Phi) is 9.75. The molecule has 0 saturated heterocycles. The number of amides is 1. The van der Waals surface area contributed by atoms with Gasteiger partial charge in [0, 0.05) is 27.6 Å². The van der Waals surface area contributed by atoms with E-state index in [0.717, 1.165) is 53.0 Å². The van der Waals surface area contributed by atoms with Gasteiger partial charge in [0.15, 0.2) is 6.23 Å². The van der Waals surface area contributed by atoms with Crippen LogP contribution in [0, 0.1) is 11.6 Å². The minimum Gasteiger partial charge on any atom is -0.465 e. The van der Waals surface area contributed by atoms with E-state index in [-0.39, 0.29) is 17.7 Å². The topological polar surface area (TPSA) is 87.7 Å². The van der Waals surface area contributed by atoms with Crippen LogP contribution in [-0.2, 0) is 36.3 Å². The van der Waals surface area contributed by atoms with E-state index in [9.17, 15) is 14.7 Å². The van der Waals surface area contributed by atoms with Crippen LogP contribution in [0.1, 0.15) is 72.5 Å². The van der Waals surface area contributed by atoms with Crippen molar-refractivity contribution in [3.8, 4) is 0 Å². The first kappa shape index (κ1) is 30.7. The molecule has 1 aliphatic rings. The van der Waals surface area contributed by atoms with Crippen LogP contribution < -0.4 is 10.6 Å². The van der Waals surface area contributed by atoms with Crippen molar-refractivity contribution in [3.05, 3.63) is 116 Å². The van der Waals surface area contributed by atoms with Crippen LogP contribution in [0.5, 0.6) is 0 Å². The van der Waals surface area contributed by atoms with Gasteiger partial charge in [-0.15, -0.1) is 22.9 Å². The number of rotatable bonds is 10. The number of benzene rings is 3. The van der Waals surface area contributed by atoms with Crippen molar-refractivity contribution in [1.29, 1.82) is 0 Å². The van der Waals surface area contributed by atoms with E-state index >= 15 is 8.78 Å². The summed E-state index contributed by atoms with van der Waals surface area (Å²) in [6, 6.07) is 16.1. The Hall–Kier alpha value is -3.79. The third-order valence-electron chi connectivity index (χ3n) is 7.52. The number of alkyl halides is 1. The van der Waals surface area contributed by atoms with Gasteiger partial charge in [0.1, 0.15) is 16.6 Å². The molecule has 6 nitrogen and oxygen atoms in total. The minimum absolute atomic E-state index is 0.00301. The van der Waals surface area contributed by atoms with Crippen molar-refractivity contribution < 1.29 is 28.2 Å². The van der Waals surface area contributed by atoms with E-state index in [1.807, 2.05) is 6.07 Å². The molecule has 0 saturated carbocycles. The number of hydrogen-bond acceptors (Lipinski definition) is 6. The quantitative estimate of drug-likeness (QED) is 0.0962. The number of hydrogen-bond donors (Lipinski definition) is 3. The van der Waals surface area contributed by atoms with Gasteiger partial charge in [-0.05, 0) is 79.5 Å². The number of carbonyl (C=O) groups is 2. The maximum Gasteiger partial charge on any atom is 0.337 e. The van der Waals surface area contributed by atoms with Crippen molar-refractivity contribution in [2.24, 2.45) is 0 Å². The van der Waals surface area contributed by atoms with Gasteiger partial charge in [-0.1, -0.05) is 36.4 Å². The molecule has 1 aliphatic carbocycles. The molecule has 5 rings (SSSR count). The Morgan fingerprint density at radius 3 is 2.42 bits per heavy atom. The van der Waals surface area contributed by atoms with Crippen molar-refractivity contribution in [1.82, 2.24) is 0 Å². The van der Waals surface area contributed by atoms with E-state index in [2.05, 4.69) is 15.4 Å². The zero-order valence-electron chi connectivity index (χ0n) is 23.5. The lowest BCUT2D eigenvalue weighted by molar-refractivity contribution is 0.0600. The summed E-state index contributed by atoms with van der Waals surface area (Å²) in [5.41, 5.74) is 3.85. The molecule has 0 aliphatic heterocycles. The summed E-state index contributed by atoms with van der Waals surface area (Å²) in [4.78, 5) is 26.3. The third-order valence-corrected chi connectivity index (χ3v) is 9.06. The van der Waals surface area contributed by atoms with Crippen LogP contribution in [0.15, 0.2) is 60.7 Å². The Morgan fingerprint density at radius 1 is 1.00 bits per heavy atom. The van der Waals surface area contributed by atoms with Gasteiger partial charge in [0.05, 0.1) is 18.2 Å². The highest BCUT2D eigenvalue weighted by Gasteiger charge is 2.27. The normalized spacial score (nSPS) is 13.2. The van der Waals surface area contributed by atoms with Crippen LogP contribution in [0.25, 0.3) is 0 Å². The first-order valence-electron chi connectivity index (χ1n) is 14.0. The number of thiophene rings is 1. The Morgan fingerprint density at radius 2 is 1.72 bits per heavy atom. The van der Waals surface area contributed by atoms with Crippen LogP contribution >= 0.6 is 22.9 Å². The van der Waals surface area contributed by atoms with Gasteiger partial charge in [-0.2, -0.15) is 0 Å². The summed E-state index contributed by atoms with van der Waals surface area (Å²) < 4.78 is 34.9. The van der Waals surface area contributed by atoms with Gasteiger partial charge in [0.25, 0.3) is 5.91 Å². The predicted octanol–water partition coefficient (Wildman–Crippen LogP) is 7.57. The van der Waals surface area contributed by atoms with E-state index in [4.69, 9.17) is 11.6 Å². The number of esters is 1. The molecule has 3 aromatic carbocycles. The molecule has 1 heterocycles. The fraction of sp³-hybridized carbons (Fsp3) is 0.273. The summed E-state index contributed by atoms with van der Waals surface area (Å²) >= 11 is 7.37. The molecule has 1 amide bonds. The van der Waals surface area contributed by atoms with Crippen LogP contribution in [-0.4, -0.2) is 24.1 Å². The molecule has 0 bridgehead atoms. The number of aryl methyl sites for hydroxylation is 2. The number of aliphatic hydroxyl groups excluding tert-OH is 1. The Labute approximate surface area is 257 Å². The van der Waals surface area contributed by atoms with Crippen molar-refractivity contribution in [2.45, 2.75) is 50.6 Å². The van der Waals surface area contributed by atoms with Gasteiger partial charge in [-0.25, -0.2) is 13.6 Å². The zero-order chi connectivity index (χ0) is 30.5. The summed E-state index contributed by atoms with van der Waals surface area (Å²) in [6.07, 6.45) is 2.82. The van der Waals surface area contributed by atoms with E-state index in [1.54, 1.807) is 42.5 Å². The second-order valence-corrected chi connectivity index (χ2v) is 11.8. The number of ether oxygens (including phenoxy) is 1. The Balaban J connectivity index is 1.33. The highest BCUT2D eigenvalue weighted by atomic mass is 35.5. The molecule has 0 spiro atoms. The minimum atomic E-state index is -1.08. The molecule has 0 fully saturated rings. The standard InChI is InChI=1S/C33H31ClF2N2O4S/c1-42-33(41)21-12-9-19(10-13-21)11-14-24-26(35)16-23(17-27(24)36)37-31(40)29-25-7-2-3-8-28(25)43-32(29)38-30(39)22-6-4-5-20(15-22)18-34/h4-6,9-10,12-13,15-17,30,38-39H,2-3,7-8,11,14,18H2,1H3,(H,37,40). The predicted molar refractivity (Wildman–Crippen MR) is 165 cm³/mol. The molecule has 1 atom stereocenters. The molecule has 224 valence electrons. The highest BCUT2D eigenvalue weighted by molar-refractivity contribution is 7.16. The van der Waals surface area contributed by atoms with Gasteiger partial charge >= 0.3 is 5.97 Å². The smallest absolute Gasteiger partial charge is 0.337 e. The van der Waals surface area contributed by atoms with Gasteiger partial charge in [-0.3, -0.25) is 4.79 Å². The third kappa shape index (κ3) is 7.06. The van der Waals surface area contributed by atoms with Gasteiger partial charge in [0.2, 0.25) is 0 Å². The molecule has 43 heavy (non-hydrogen) atoms. The van der Waals surface area contributed by atoms with Gasteiger partial charge < -0.3 is 20.5 Å². The lowest BCUT2D eigenvalue weighted by atomic mass is 9.95. The Bertz CT molecular complexity index is 1620. The first-order valence-corrected chi connectivity index (χ1v) is 15.3. The van der Waals surface area contributed by atoms with E-state index < -0.39 is 29.7 Å². The number of nitrogens with one attached hydrogen (secondary N) is 2. The second-order valence-electron chi connectivity index (χ2n) is 10.4. The summed E-state index contributed by atoms with van der Waals surface area (Å²) in [7, 11) is 1.30. The van der Waals surface area contributed by atoms with Crippen molar-refractivity contribution in [2.75, 3.05) is 17.7 Å². The molecular formula is C33H31ClF2N2O4S. The number of aliphatic hydroxyl groups is 1. The lowest BCUT2D eigenvalue weighted by Gasteiger charge is -2.17. The largest absolute Gasteiger partial charge is 0.465 e. The fourth-order valence-electron chi connectivity index (χ4n) is 5.26. The van der Waals surface area contributed by atoms with Crippen LogP contribution in [0.3, 0.4) is 0 Å². The molecule has 1 unspecified atom stereocenters. The number of anilines is 2. The number of halogens is 3. The molecule has 4 aromatic rings. The monoisotopic (exact) mass is 624 g/mol. The number of fused-ring (bicyclic) bond motifs is 1. The molecule has 3 N–H and O–H groups in total. The van der Waals surface area contributed by atoms with Crippen molar-refractivity contribution >= 4 is 45.5 Å². The van der Waals surface area contributed by atoms with Crippen LogP contribution in [0.4, 0.5) is 19.5 Å². The highest BCUT2D eigenvalue weighted by Crippen LogP contribution is 2.40. The average Bonchev–Trinajstić information content (AvgIpc) is 3.38.